The second-order valence-corrected chi connectivity index (χ2v) is 6.77. The first-order valence-corrected chi connectivity index (χ1v) is 6.92. The van der Waals surface area contributed by atoms with Crippen LogP contribution in [0, 0.1) is 5.92 Å². The Balaban J connectivity index is 1.86. The molecule has 0 aromatic rings. The summed E-state index contributed by atoms with van der Waals surface area (Å²) in [6.07, 6.45) is 4.89. The minimum atomic E-state index is -2.79. The average molecular weight is 203 g/mol. The monoisotopic (exact) mass is 203 g/mol. The fraction of sp³-hybridized carbons (Fsp3) is 1.00. The first-order valence-electron chi connectivity index (χ1n) is 4.97. The summed E-state index contributed by atoms with van der Waals surface area (Å²) in [7, 11) is -2.79. The Kier molecular flexibility index (Phi) is 2.36. The molecule has 0 radical (unpaired) electrons. The van der Waals surface area contributed by atoms with E-state index in [1.54, 1.807) is 0 Å². The predicted molar refractivity (Wildman–Crippen MR) is 52.4 cm³/mol. The van der Waals surface area contributed by atoms with E-state index in [9.17, 15) is 8.42 Å². The van der Waals surface area contributed by atoms with Gasteiger partial charge in [-0.25, -0.2) is 8.42 Å². The molecule has 1 unspecified atom stereocenters. The molecular weight excluding hydrogens is 186 g/mol. The zero-order valence-corrected chi connectivity index (χ0v) is 8.89. The van der Waals surface area contributed by atoms with E-state index < -0.39 is 9.84 Å². The molecule has 2 rings (SSSR count). The quantitative estimate of drug-likeness (QED) is 0.671. The highest BCUT2D eigenvalue weighted by Gasteiger charge is 2.33. The van der Waals surface area contributed by atoms with Gasteiger partial charge in [0.25, 0.3) is 0 Å². The van der Waals surface area contributed by atoms with Crippen LogP contribution < -0.4 is 0 Å². The van der Waals surface area contributed by atoms with Crippen molar-refractivity contribution in [3.63, 3.8) is 0 Å². The molecule has 1 heterocycles. The minimum absolute atomic E-state index is 0.0914. The number of hydrogen-bond donors (Lipinski definition) is 0. The van der Waals surface area contributed by atoms with Crippen LogP contribution in [0.25, 0.3) is 0 Å². The molecule has 1 aliphatic carbocycles. The first-order chi connectivity index (χ1) is 6.05. The summed E-state index contributed by atoms with van der Waals surface area (Å²) < 4.78 is 22.5. The highest BCUT2D eigenvalue weighted by molar-refractivity contribution is 7.91. The lowest BCUT2D eigenvalue weighted by Gasteiger charge is -2.14. The van der Waals surface area contributed by atoms with Crippen LogP contribution in [0.1, 0.15) is 19.3 Å². The summed E-state index contributed by atoms with van der Waals surface area (Å²) >= 11 is 0. The summed E-state index contributed by atoms with van der Waals surface area (Å²) in [6.45, 7) is 2.88. The maximum Gasteiger partial charge on any atom is 0.151 e. The second-order valence-electron chi connectivity index (χ2n) is 4.44. The number of rotatable bonds is 3. The van der Waals surface area contributed by atoms with Gasteiger partial charge in [-0.15, -0.1) is 0 Å². The molecule has 3 nitrogen and oxygen atoms in total. The number of likely N-dealkylation sites (tertiary alicyclic amines) is 1. The third-order valence-electron chi connectivity index (χ3n) is 3.05. The highest BCUT2D eigenvalue weighted by Crippen LogP contribution is 2.31. The van der Waals surface area contributed by atoms with Gasteiger partial charge < -0.3 is 4.90 Å². The van der Waals surface area contributed by atoms with Crippen LogP contribution in [0.3, 0.4) is 0 Å². The lowest BCUT2D eigenvalue weighted by atomic mass is 10.4. The largest absolute Gasteiger partial charge is 0.302 e. The normalized spacial score (nSPS) is 31.0. The molecule has 0 bridgehead atoms. The minimum Gasteiger partial charge on any atom is -0.302 e. The van der Waals surface area contributed by atoms with Crippen molar-refractivity contribution < 1.29 is 8.42 Å². The van der Waals surface area contributed by atoms with E-state index in [1.807, 2.05) is 0 Å². The Morgan fingerprint density at radius 2 is 2.00 bits per heavy atom. The molecule has 0 aromatic carbocycles. The van der Waals surface area contributed by atoms with Gasteiger partial charge in [-0.05, 0) is 31.7 Å². The van der Waals surface area contributed by atoms with Crippen LogP contribution in [0.2, 0.25) is 0 Å². The van der Waals surface area contributed by atoms with E-state index in [-0.39, 0.29) is 5.25 Å². The molecule has 2 fully saturated rings. The third kappa shape index (κ3) is 2.44. The van der Waals surface area contributed by atoms with Crippen molar-refractivity contribution in [3.8, 4) is 0 Å². The van der Waals surface area contributed by atoms with E-state index in [0.29, 0.717) is 0 Å². The molecule has 13 heavy (non-hydrogen) atoms. The van der Waals surface area contributed by atoms with Crippen molar-refractivity contribution in [2.45, 2.75) is 24.5 Å². The van der Waals surface area contributed by atoms with Gasteiger partial charge in [-0.1, -0.05) is 0 Å². The van der Waals surface area contributed by atoms with Gasteiger partial charge in [0.2, 0.25) is 0 Å². The van der Waals surface area contributed by atoms with Crippen molar-refractivity contribution >= 4 is 9.84 Å². The topological polar surface area (TPSA) is 37.4 Å². The SMILES string of the molecule is CS(=O)(=O)C1CCN(CC2CC2)C1. The molecule has 0 aromatic heterocycles. The number of nitrogens with zero attached hydrogens (tertiary/aromatic N) is 1. The van der Waals surface area contributed by atoms with E-state index in [1.165, 1.54) is 19.1 Å². The highest BCUT2D eigenvalue weighted by atomic mass is 32.2. The maximum atomic E-state index is 11.3. The molecule has 0 spiro atoms. The molecule has 1 saturated carbocycles. The molecule has 0 N–H and O–H groups in total. The van der Waals surface area contributed by atoms with Crippen LogP contribution in [0.15, 0.2) is 0 Å². The van der Waals surface area contributed by atoms with Gasteiger partial charge >= 0.3 is 0 Å². The number of hydrogen-bond acceptors (Lipinski definition) is 3. The first kappa shape index (κ1) is 9.46. The molecule has 1 saturated heterocycles. The van der Waals surface area contributed by atoms with Crippen LogP contribution in [0.4, 0.5) is 0 Å². The Hall–Kier alpha value is -0.0900. The Labute approximate surface area is 80.0 Å². The Bertz CT molecular complexity index is 282. The summed E-state index contributed by atoms with van der Waals surface area (Å²) in [4.78, 5) is 2.31. The third-order valence-corrected chi connectivity index (χ3v) is 4.64. The molecule has 4 heteroatoms. The molecule has 1 aliphatic heterocycles. The van der Waals surface area contributed by atoms with Crippen molar-refractivity contribution in [2.24, 2.45) is 5.92 Å². The molecule has 76 valence electrons. The van der Waals surface area contributed by atoms with Crippen LogP contribution in [-0.2, 0) is 9.84 Å². The van der Waals surface area contributed by atoms with E-state index in [4.69, 9.17) is 0 Å². The summed E-state index contributed by atoms with van der Waals surface area (Å²) in [5.41, 5.74) is 0. The smallest absolute Gasteiger partial charge is 0.151 e. The fourth-order valence-electron chi connectivity index (χ4n) is 1.98. The van der Waals surface area contributed by atoms with Gasteiger partial charge in [-0.2, -0.15) is 0 Å². The Morgan fingerprint density at radius 3 is 2.46 bits per heavy atom. The zero-order chi connectivity index (χ0) is 9.47. The van der Waals surface area contributed by atoms with Gasteiger partial charge in [0, 0.05) is 19.3 Å². The van der Waals surface area contributed by atoms with E-state index >= 15 is 0 Å². The summed E-state index contributed by atoms with van der Waals surface area (Å²) in [5.74, 6) is 0.873. The summed E-state index contributed by atoms with van der Waals surface area (Å²) in [6, 6.07) is 0. The van der Waals surface area contributed by atoms with E-state index in [0.717, 1.165) is 32.0 Å². The van der Waals surface area contributed by atoms with Crippen molar-refractivity contribution in [1.82, 2.24) is 4.90 Å². The van der Waals surface area contributed by atoms with Crippen molar-refractivity contribution in [3.05, 3.63) is 0 Å². The van der Waals surface area contributed by atoms with Crippen LogP contribution in [0.5, 0.6) is 0 Å². The predicted octanol–water partition coefficient (Wildman–Crippen LogP) is 0.515. The average Bonchev–Trinajstić information content (AvgIpc) is 2.63. The van der Waals surface area contributed by atoms with Crippen LogP contribution >= 0.6 is 0 Å². The maximum absolute atomic E-state index is 11.3. The molecular formula is C9H17NO2S. The van der Waals surface area contributed by atoms with Gasteiger partial charge in [0.05, 0.1) is 5.25 Å². The van der Waals surface area contributed by atoms with Gasteiger partial charge in [0.1, 0.15) is 0 Å². The van der Waals surface area contributed by atoms with Crippen LogP contribution in [-0.4, -0.2) is 44.5 Å². The molecule has 0 amide bonds. The molecule has 1 atom stereocenters. The van der Waals surface area contributed by atoms with Crippen molar-refractivity contribution in [2.75, 3.05) is 25.9 Å². The number of sulfone groups is 1. The fourth-order valence-corrected chi connectivity index (χ4v) is 2.99. The summed E-state index contributed by atoms with van der Waals surface area (Å²) in [5, 5.41) is -0.0914. The Morgan fingerprint density at radius 1 is 1.31 bits per heavy atom. The standard InChI is InChI=1S/C9H17NO2S/c1-13(11,12)9-4-5-10(7-9)6-8-2-3-8/h8-9H,2-7H2,1H3. The molecule has 2 aliphatic rings. The van der Waals surface area contributed by atoms with Gasteiger partial charge in [-0.3, -0.25) is 0 Å². The lowest BCUT2D eigenvalue weighted by Crippen LogP contribution is -2.27. The van der Waals surface area contributed by atoms with Gasteiger partial charge in [0.15, 0.2) is 9.84 Å². The lowest BCUT2D eigenvalue weighted by molar-refractivity contribution is 0.324. The van der Waals surface area contributed by atoms with E-state index in [2.05, 4.69) is 4.90 Å². The zero-order valence-electron chi connectivity index (χ0n) is 8.07. The second kappa shape index (κ2) is 3.24. The van der Waals surface area contributed by atoms with Crippen molar-refractivity contribution in [1.29, 1.82) is 0 Å².